The van der Waals surface area contributed by atoms with Crippen LogP contribution in [0.1, 0.15) is 39.0 Å². The molecule has 0 bridgehead atoms. The Morgan fingerprint density at radius 2 is 1.91 bits per heavy atom. The molecule has 0 aliphatic heterocycles. The summed E-state index contributed by atoms with van der Waals surface area (Å²) in [6.07, 6.45) is 4.67. The first-order chi connectivity index (χ1) is 5.22. The minimum atomic E-state index is -0.366. The summed E-state index contributed by atoms with van der Waals surface area (Å²) in [5.41, 5.74) is 0. The zero-order chi connectivity index (χ0) is 8.27. The lowest BCUT2D eigenvalue weighted by Crippen LogP contribution is -2.25. The second-order valence-corrected chi connectivity index (χ2v) is 3.42. The van der Waals surface area contributed by atoms with Gasteiger partial charge >= 0.3 is 0 Å². The molecular formula is C9H16O2. The molecular weight excluding hydrogens is 140 g/mol. The molecule has 0 radical (unpaired) electrons. The molecule has 64 valence electrons. The van der Waals surface area contributed by atoms with E-state index in [-0.39, 0.29) is 17.8 Å². The van der Waals surface area contributed by atoms with E-state index in [1.807, 2.05) is 0 Å². The van der Waals surface area contributed by atoms with Gasteiger partial charge < -0.3 is 5.11 Å². The quantitative estimate of drug-likeness (QED) is 0.584. The lowest BCUT2D eigenvalue weighted by atomic mass is 9.94. The smallest absolute Gasteiger partial charge is 0.135 e. The van der Waals surface area contributed by atoms with Crippen LogP contribution >= 0.6 is 0 Å². The highest BCUT2D eigenvalue weighted by Crippen LogP contribution is 2.23. The molecule has 0 aromatic rings. The van der Waals surface area contributed by atoms with Gasteiger partial charge in [0.2, 0.25) is 0 Å². The number of aliphatic hydroxyl groups is 1. The number of rotatable bonds is 1. The van der Waals surface area contributed by atoms with Crippen LogP contribution in [-0.2, 0) is 4.79 Å². The molecule has 2 unspecified atom stereocenters. The summed E-state index contributed by atoms with van der Waals surface area (Å²) in [6.45, 7) is 1.58. The molecule has 1 aliphatic rings. The fourth-order valence-corrected chi connectivity index (χ4v) is 1.76. The molecule has 1 fully saturated rings. The van der Waals surface area contributed by atoms with Crippen molar-refractivity contribution in [3.63, 3.8) is 0 Å². The minimum Gasteiger partial charge on any atom is -0.392 e. The first kappa shape index (κ1) is 8.72. The largest absolute Gasteiger partial charge is 0.392 e. The highest BCUT2D eigenvalue weighted by molar-refractivity contribution is 5.78. The third-order valence-electron chi connectivity index (χ3n) is 2.50. The van der Waals surface area contributed by atoms with Gasteiger partial charge in [-0.15, -0.1) is 0 Å². The molecule has 2 nitrogen and oxygen atoms in total. The third-order valence-corrected chi connectivity index (χ3v) is 2.50. The molecule has 0 spiro atoms. The summed E-state index contributed by atoms with van der Waals surface area (Å²) in [5, 5.41) is 9.50. The van der Waals surface area contributed by atoms with Gasteiger partial charge in [0.25, 0.3) is 0 Å². The Morgan fingerprint density at radius 1 is 1.27 bits per heavy atom. The van der Waals surface area contributed by atoms with Crippen molar-refractivity contribution in [1.82, 2.24) is 0 Å². The summed E-state index contributed by atoms with van der Waals surface area (Å²) < 4.78 is 0. The molecule has 2 atom stereocenters. The average molecular weight is 156 g/mol. The summed E-state index contributed by atoms with van der Waals surface area (Å²) in [7, 11) is 0. The monoisotopic (exact) mass is 156 g/mol. The molecule has 0 saturated heterocycles. The molecule has 0 aromatic carbocycles. The Hall–Kier alpha value is -0.370. The molecule has 1 N–H and O–H groups in total. The van der Waals surface area contributed by atoms with E-state index in [2.05, 4.69) is 0 Å². The number of ketones is 1. The van der Waals surface area contributed by atoms with E-state index in [1.54, 1.807) is 6.92 Å². The number of Topliss-reactive ketones (excluding diaryl/α,β-unsaturated/α-hetero) is 1. The molecule has 1 rings (SSSR count). The van der Waals surface area contributed by atoms with Gasteiger partial charge in [-0.05, 0) is 19.8 Å². The van der Waals surface area contributed by atoms with Crippen LogP contribution in [0, 0.1) is 5.92 Å². The predicted molar refractivity (Wildman–Crippen MR) is 43.3 cm³/mol. The predicted octanol–water partition coefficient (Wildman–Crippen LogP) is 1.52. The van der Waals surface area contributed by atoms with Crippen molar-refractivity contribution in [2.24, 2.45) is 5.92 Å². The van der Waals surface area contributed by atoms with Gasteiger partial charge in [0, 0.05) is 5.92 Å². The fourth-order valence-electron chi connectivity index (χ4n) is 1.76. The van der Waals surface area contributed by atoms with Crippen LogP contribution in [-0.4, -0.2) is 17.0 Å². The van der Waals surface area contributed by atoms with Crippen molar-refractivity contribution < 1.29 is 9.90 Å². The maximum atomic E-state index is 11.0. The Kier molecular flexibility index (Phi) is 3.06. The standard InChI is InChI=1S/C9H16O2/c1-7(10)8-5-3-2-4-6-9(8)11/h8-9,11H,2-6H2,1H3. The third kappa shape index (κ3) is 2.29. The molecule has 2 heteroatoms. The van der Waals surface area contributed by atoms with Crippen LogP contribution in [0.3, 0.4) is 0 Å². The van der Waals surface area contributed by atoms with Gasteiger partial charge in [0.05, 0.1) is 6.10 Å². The van der Waals surface area contributed by atoms with Crippen LogP contribution in [0.25, 0.3) is 0 Å². The highest BCUT2D eigenvalue weighted by atomic mass is 16.3. The molecule has 1 saturated carbocycles. The molecule has 0 aromatic heterocycles. The first-order valence-corrected chi connectivity index (χ1v) is 4.40. The highest BCUT2D eigenvalue weighted by Gasteiger charge is 2.24. The summed E-state index contributed by atoms with van der Waals surface area (Å²) in [4.78, 5) is 11.0. The van der Waals surface area contributed by atoms with Gasteiger partial charge in [-0.2, -0.15) is 0 Å². The Bertz CT molecular complexity index is 142. The molecule has 0 heterocycles. The van der Waals surface area contributed by atoms with E-state index < -0.39 is 0 Å². The maximum Gasteiger partial charge on any atom is 0.135 e. The van der Waals surface area contributed by atoms with E-state index in [9.17, 15) is 9.90 Å². The Labute approximate surface area is 67.6 Å². The van der Waals surface area contributed by atoms with Crippen molar-refractivity contribution >= 4 is 5.78 Å². The Balaban J connectivity index is 2.52. The molecule has 1 aliphatic carbocycles. The van der Waals surface area contributed by atoms with Crippen LogP contribution in [0.2, 0.25) is 0 Å². The minimum absolute atomic E-state index is 0.0718. The second kappa shape index (κ2) is 3.86. The normalized spacial score (nSPS) is 32.9. The van der Waals surface area contributed by atoms with Crippen molar-refractivity contribution in [3.05, 3.63) is 0 Å². The van der Waals surface area contributed by atoms with Crippen molar-refractivity contribution in [3.8, 4) is 0 Å². The Morgan fingerprint density at radius 3 is 2.55 bits per heavy atom. The van der Waals surface area contributed by atoms with Gasteiger partial charge in [-0.1, -0.05) is 19.3 Å². The van der Waals surface area contributed by atoms with Gasteiger partial charge in [0.1, 0.15) is 5.78 Å². The summed E-state index contributed by atoms with van der Waals surface area (Å²) >= 11 is 0. The SMILES string of the molecule is CC(=O)C1CCCCCC1O. The fraction of sp³-hybridized carbons (Fsp3) is 0.889. The van der Waals surface area contributed by atoms with Crippen molar-refractivity contribution in [2.75, 3.05) is 0 Å². The lowest BCUT2D eigenvalue weighted by molar-refractivity contribution is -0.124. The van der Waals surface area contributed by atoms with E-state index in [4.69, 9.17) is 0 Å². The van der Waals surface area contributed by atoms with Gasteiger partial charge in [-0.3, -0.25) is 4.79 Å². The van der Waals surface area contributed by atoms with Crippen LogP contribution in [0.5, 0.6) is 0 Å². The van der Waals surface area contributed by atoms with Crippen molar-refractivity contribution in [2.45, 2.75) is 45.1 Å². The van der Waals surface area contributed by atoms with Gasteiger partial charge in [0.15, 0.2) is 0 Å². The number of carbonyl (C=O) groups excluding carboxylic acids is 1. The van der Waals surface area contributed by atoms with Gasteiger partial charge in [-0.25, -0.2) is 0 Å². The number of aliphatic hydroxyl groups excluding tert-OH is 1. The summed E-state index contributed by atoms with van der Waals surface area (Å²) in [5.74, 6) is 0.0805. The van der Waals surface area contributed by atoms with E-state index in [0.29, 0.717) is 0 Å². The second-order valence-electron chi connectivity index (χ2n) is 3.42. The van der Waals surface area contributed by atoms with E-state index in [1.165, 1.54) is 6.42 Å². The summed E-state index contributed by atoms with van der Waals surface area (Å²) in [6, 6.07) is 0. The van der Waals surface area contributed by atoms with E-state index >= 15 is 0 Å². The number of hydrogen-bond donors (Lipinski definition) is 1. The zero-order valence-corrected chi connectivity index (χ0v) is 7.05. The zero-order valence-electron chi connectivity index (χ0n) is 7.05. The molecule has 0 amide bonds. The van der Waals surface area contributed by atoms with Crippen LogP contribution in [0.4, 0.5) is 0 Å². The lowest BCUT2D eigenvalue weighted by Gasteiger charge is -2.16. The van der Waals surface area contributed by atoms with E-state index in [0.717, 1.165) is 25.7 Å². The maximum absolute atomic E-state index is 11.0. The van der Waals surface area contributed by atoms with Crippen LogP contribution in [0.15, 0.2) is 0 Å². The average Bonchev–Trinajstić information content (AvgIpc) is 2.13. The van der Waals surface area contributed by atoms with Crippen molar-refractivity contribution in [1.29, 1.82) is 0 Å². The number of hydrogen-bond acceptors (Lipinski definition) is 2. The van der Waals surface area contributed by atoms with Crippen LogP contribution < -0.4 is 0 Å². The number of carbonyl (C=O) groups is 1. The first-order valence-electron chi connectivity index (χ1n) is 4.40. The molecule has 11 heavy (non-hydrogen) atoms. The topological polar surface area (TPSA) is 37.3 Å².